The largest absolute Gasteiger partial charge is 0.356 e. The molecule has 0 radical (unpaired) electrons. The minimum absolute atomic E-state index is 0.238. The van der Waals surface area contributed by atoms with Crippen LogP contribution in [0.5, 0.6) is 0 Å². The van der Waals surface area contributed by atoms with Crippen molar-refractivity contribution in [2.24, 2.45) is 11.8 Å². The topological polar surface area (TPSA) is 47.6 Å². The van der Waals surface area contributed by atoms with Gasteiger partial charge in [0.2, 0.25) is 5.91 Å². The van der Waals surface area contributed by atoms with E-state index in [1.807, 2.05) is 0 Å². The van der Waals surface area contributed by atoms with Gasteiger partial charge in [-0.1, -0.05) is 36.8 Å². The number of carbonyl (C=O) groups excluding carboxylic acids is 1. The molecule has 5 heteroatoms. The number of nitrogens with zero attached hydrogens (tertiary/aromatic N) is 2. The van der Waals surface area contributed by atoms with Crippen LogP contribution in [0.3, 0.4) is 0 Å². The van der Waals surface area contributed by atoms with Crippen molar-refractivity contribution in [2.75, 3.05) is 45.8 Å². The number of carbonyl (C=O) groups is 1. The summed E-state index contributed by atoms with van der Waals surface area (Å²) in [4.78, 5) is 17.4. The Morgan fingerprint density at radius 2 is 1.87 bits per heavy atom. The minimum atomic E-state index is 0.238. The van der Waals surface area contributed by atoms with Crippen molar-refractivity contribution in [1.29, 1.82) is 0 Å². The number of hydrogen-bond donors (Lipinski definition) is 2. The molecule has 2 N–H and O–H groups in total. The van der Waals surface area contributed by atoms with Crippen LogP contribution in [-0.2, 0) is 11.3 Å². The number of nitrogens with one attached hydrogen (secondary N) is 2. The molecule has 172 valence electrons. The monoisotopic (exact) mass is 426 g/mol. The third-order valence-electron chi connectivity index (χ3n) is 7.47. The summed E-state index contributed by atoms with van der Waals surface area (Å²) >= 11 is 0. The summed E-state index contributed by atoms with van der Waals surface area (Å²) in [6.45, 7) is 9.05. The van der Waals surface area contributed by atoms with Crippen molar-refractivity contribution in [1.82, 2.24) is 20.4 Å². The quantitative estimate of drug-likeness (QED) is 0.564. The zero-order chi connectivity index (χ0) is 21.3. The highest BCUT2D eigenvalue weighted by atomic mass is 16.1. The Morgan fingerprint density at radius 1 is 1.03 bits per heavy atom. The Labute approximate surface area is 188 Å². The van der Waals surface area contributed by atoms with E-state index < -0.39 is 0 Å². The maximum Gasteiger partial charge on any atom is 0.219 e. The van der Waals surface area contributed by atoms with E-state index >= 15 is 0 Å². The normalized spacial score (nSPS) is 27.2. The lowest BCUT2D eigenvalue weighted by Gasteiger charge is -2.46. The summed E-state index contributed by atoms with van der Waals surface area (Å²) in [5.74, 6) is 1.74. The van der Waals surface area contributed by atoms with Gasteiger partial charge in [0.15, 0.2) is 0 Å². The van der Waals surface area contributed by atoms with Crippen LogP contribution in [0.2, 0.25) is 0 Å². The summed E-state index contributed by atoms with van der Waals surface area (Å²) in [7, 11) is 0. The molecule has 3 heterocycles. The molecule has 0 saturated carbocycles. The van der Waals surface area contributed by atoms with Gasteiger partial charge in [0.25, 0.3) is 0 Å². The number of benzene rings is 1. The molecule has 2 unspecified atom stereocenters. The van der Waals surface area contributed by atoms with Crippen molar-refractivity contribution in [2.45, 2.75) is 64.0 Å². The van der Waals surface area contributed by atoms with Gasteiger partial charge in [-0.25, -0.2) is 0 Å². The Kier molecular flexibility index (Phi) is 8.80. The summed E-state index contributed by atoms with van der Waals surface area (Å²) in [5.41, 5.74) is 1.42. The third-order valence-corrected chi connectivity index (χ3v) is 7.47. The molecule has 2 bridgehead atoms. The van der Waals surface area contributed by atoms with E-state index in [0.29, 0.717) is 12.5 Å². The molecule has 1 aromatic carbocycles. The lowest BCUT2D eigenvalue weighted by atomic mass is 9.79. The van der Waals surface area contributed by atoms with Gasteiger partial charge in [0.1, 0.15) is 0 Å². The summed E-state index contributed by atoms with van der Waals surface area (Å²) in [6.07, 6.45) is 9.29. The first-order valence-electron chi connectivity index (χ1n) is 12.7. The number of piperidine rings is 3. The van der Waals surface area contributed by atoms with E-state index in [4.69, 9.17) is 0 Å². The van der Waals surface area contributed by atoms with E-state index in [0.717, 1.165) is 57.3 Å². The van der Waals surface area contributed by atoms with Gasteiger partial charge in [-0.15, -0.1) is 0 Å². The Balaban J connectivity index is 1.11. The maximum absolute atomic E-state index is 12.3. The molecule has 3 atom stereocenters. The summed E-state index contributed by atoms with van der Waals surface area (Å²) < 4.78 is 0. The van der Waals surface area contributed by atoms with Crippen LogP contribution in [0.25, 0.3) is 0 Å². The van der Waals surface area contributed by atoms with Gasteiger partial charge < -0.3 is 15.5 Å². The second kappa shape index (κ2) is 12.0. The fraction of sp³-hybridized carbons (Fsp3) is 0.731. The molecular weight excluding hydrogens is 384 g/mol. The molecule has 5 nitrogen and oxygen atoms in total. The minimum Gasteiger partial charge on any atom is -0.356 e. The molecule has 3 aliphatic rings. The van der Waals surface area contributed by atoms with Gasteiger partial charge in [-0.3, -0.25) is 9.69 Å². The number of likely N-dealkylation sites (tertiary alicyclic amines) is 2. The number of rotatable bonds is 10. The van der Waals surface area contributed by atoms with Gasteiger partial charge in [-0.2, -0.15) is 0 Å². The van der Waals surface area contributed by atoms with Crippen LogP contribution in [0.15, 0.2) is 30.3 Å². The van der Waals surface area contributed by atoms with Crippen LogP contribution in [0.1, 0.15) is 56.9 Å². The van der Waals surface area contributed by atoms with E-state index in [-0.39, 0.29) is 5.91 Å². The molecule has 0 spiro atoms. The molecule has 4 rings (SSSR count). The van der Waals surface area contributed by atoms with Gasteiger partial charge in [-0.05, 0) is 82.1 Å². The van der Waals surface area contributed by atoms with Crippen LogP contribution in [0.4, 0.5) is 0 Å². The summed E-state index contributed by atoms with van der Waals surface area (Å²) in [5, 5.41) is 6.95. The molecule has 1 amide bonds. The summed E-state index contributed by atoms with van der Waals surface area (Å²) in [6, 6.07) is 11.4. The van der Waals surface area contributed by atoms with Crippen molar-refractivity contribution in [3.8, 4) is 0 Å². The molecular formula is C26H42N4O. The fourth-order valence-corrected chi connectivity index (χ4v) is 5.87. The Bertz CT molecular complexity index is 661. The number of fused-ring (bicyclic) bond motifs is 2. The van der Waals surface area contributed by atoms with Crippen molar-refractivity contribution >= 4 is 5.91 Å². The van der Waals surface area contributed by atoms with Crippen molar-refractivity contribution in [3.05, 3.63) is 35.9 Å². The second-order valence-corrected chi connectivity index (χ2v) is 10.1. The predicted octanol–water partition coefficient (Wildman–Crippen LogP) is 3.26. The van der Waals surface area contributed by atoms with Crippen LogP contribution in [-0.4, -0.2) is 67.6 Å². The van der Waals surface area contributed by atoms with E-state index in [1.54, 1.807) is 0 Å². The molecule has 3 aliphatic heterocycles. The van der Waals surface area contributed by atoms with Gasteiger partial charge in [0, 0.05) is 38.6 Å². The molecule has 3 fully saturated rings. The fourth-order valence-electron chi connectivity index (χ4n) is 5.87. The average Bonchev–Trinajstić information content (AvgIpc) is 2.80. The lowest BCUT2D eigenvalue weighted by Crippen LogP contribution is -2.55. The number of amides is 1. The SMILES string of the molecule is O=C(CCC[C@H]1NCC2CC1CN(Cc1ccccc1)C2)NCCCN1CCCCC1. The lowest BCUT2D eigenvalue weighted by molar-refractivity contribution is -0.121. The predicted molar refractivity (Wildman–Crippen MR) is 127 cm³/mol. The van der Waals surface area contributed by atoms with E-state index in [1.165, 1.54) is 57.4 Å². The number of hydrogen-bond acceptors (Lipinski definition) is 4. The first-order chi connectivity index (χ1) is 15.3. The zero-order valence-electron chi connectivity index (χ0n) is 19.2. The van der Waals surface area contributed by atoms with Crippen molar-refractivity contribution < 1.29 is 4.79 Å². The van der Waals surface area contributed by atoms with Gasteiger partial charge >= 0.3 is 0 Å². The first-order valence-corrected chi connectivity index (χ1v) is 12.7. The van der Waals surface area contributed by atoms with Crippen LogP contribution in [0, 0.1) is 11.8 Å². The molecule has 3 saturated heterocycles. The molecule has 0 aliphatic carbocycles. The maximum atomic E-state index is 12.3. The highest BCUT2D eigenvalue weighted by Gasteiger charge is 2.36. The standard InChI is InChI=1S/C26H42N4O/c31-26(27-13-8-16-29-14-5-2-6-15-29)12-7-11-25-24-17-23(18-28-25)20-30(21-24)19-22-9-3-1-4-10-22/h1,3-4,9-10,23-25,28H,2,5-8,11-21H2,(H,27,31)/t23?,24?,25-/m1/s1. The van der Waals surface area contributed by atoms with Gasteiger partial charge in [0.05, 0.1) is 0 Å². The van der Waals surface area contributed by atoms with Crippen molar-refractivity contribution in [3.63, 3.8) is 0 Å². The third kappa shape index (κ3) is 7.30. The van der Waals surface area contributed by atoms with E-state index in [2.05, 4.69) is 50.8 Å². The van der Waals surface area contributed by atoms with Crippen LogP contribution < -0.4 is 10.6 Å². The van der Waals surface area contributed by atoms with Crippen LogP contribution >= 0.6 is 0 Å². The second-order valence-electron chi connectivity index (χ2n) is 10.1. The zero-order valence-corrected chi connectivity index (χ0v) is 19.2. The molecule has 31 heavy (non-hydrogen) atoms. The smallest absolute Gasteiger partial charge is 0.219 e. The molecule has 1 aromatic rings. The van der Waals surface area contributed by atoms with E-state index in [9.17, 15) is 4.79 Å². The highest BCUT2D eigenvalue weighted by Crippen LogP contribution is 2.31. The average molecular weight is 427 g/mol. The first kappa shape index (κ1) is 22.8. The molecule has 0 aromatic heterocycles. The Morgan fingerprint density at radius 3 is 2.71 bits per heavy atom. The highest BCUT2D eigenvalue weighted by molar-refractivity contribution is 5.75. The Hall–Kier alpha value is -1.43.